The van der Waals surface area contributed by atoms with E-state index in [0.717, 1.165) is 31.2 Å². The fraction of sp³-hybridized carbons (Fsp3) is 0.625. The van der Waals surface area contributed by atoms with Gasteiger partial charge in [-0.15, -0.1) is 11.6 Å². The molecule has 1 heterocycles. The molecule has 0 aromatic heterocycles. The summed E-state index contributed by atoms with van der Waals surface area (Å²) in [5.41, 5.74) is 1.10. The van der Waals surface area contributed by atoms with Gasteiger partial charge in [0.2, 0.25) is 10.0 Å². The molecule has 1 saturated heterocycles. The molecule has 124 valence electrons. The SMILES string of the molecule is CC(O)C1CCCN(S(=O)(=O)c2ccc(CCCCl)cc2)C1. The molecule has 0 amide bonds. The summed E-state index contributed by atoms with van der Waals surface area (Å²) in [6.07, 6.45) is 2.94. The van der Waals surface area contributed by atoms with E-state index in [4.69, 9.17) is 11.6 Å². The van der Waals surface area contributed by atoms with Crippen LogP contribution in [0, 0.1) is 5.92 Å². The summed E-state index contributed by atoms with van der Waals surface area (Å²) in [6, 6.07) is 7.06. The van der Waals surface area contributed by atoms with E-state index in [2.05, 4.69) is 0 Å². The molecule has 2 atom stereocenters. The lowest BCUT2D eigenvalue weighted by atomic mass is 9.95. The number of nitrogens with zero attached hydrogens (tertiary/aromatic N) is 1. The Morgan fingerprint density at radius 1 is 1.36 bits per heavy atom. The molecule has 0 saturated carbocycles. The highest BCUT2D eigenvalue weighted by molar-refractivity contribution is 7.89. The van der Waals surface area contributed by atoms with Crippen LogP contribution in [-0.2, 0) is 16.4 Å². The Hall–Kier alpha value is -0.620. The molecule has 1 aromatic rings. The van der Waals surface area contributed by atoms with E-state index in [0.29, 0.717) is 23.9 Å². The molecule has 2 unspecified atom stereocenters. The highest BCUT2D eigenvalue weighted by Crippen LogP contribution is 2.25. The van der Waals surface area contributed by atoms with Gasteiger partial charge >= 0.3 is 0 Å². The lowest BCUT2D eigenvalue weighted by Crippen LogP contribution is -2.42. The number of halogens is 1. The van der Waals surface area contributed by atoms with E-state index in [-0.39, 0.29) is 5.92 Å². The second-order valence-corrected chi connectivity index (χ2v) is 8.26. The third-order valence-electron chi connectivity index (χ3n) is 4.26. The number of benzene rings is 1. The number of aliphatic hydroxyl groups is 1. The Labute approximate surface area is 138 Å². The standard InChI is InChI=1S/C16H24ClNO3S/c1-13(19)15-5-3-11-18(12-15)22(20,21)16-8-6-14(7-9-16)4-2-10-17/h6-9,13,15,19H,2-5,10-12H2,1H3. The van der Waals surface area contributed by atoms with Crippen molar-refractivity contribution in [3.8, 4) is 0 Å². The zero-order valence-corrected chi connectivity index (χ0v) is 14.5. The van der Waals surface area contributed by atoms with Gasteiger partial charge in [-0.1, -0.05) is 12.1 Å². The second-order valence-electron chi connectivity index (χ2n) is 5.94. The first kappa shape index (κ1) is 17.7. The Bertz CT molecular complexity index is 572. The molecule has 6 heteroatoms. The number of hydrogen-bond acceptors (Lipinski definition) is 3. The zero-order chi connectivity index (χ0) is 16.2. The predicted molar refractivity (Wildman–Crippen MR) is 88.6 cm³/mol. The van der Waals surface area contributed by atoms with E-state index in [1.807, 2.05) is 12.1 Å². The molecule has 0 bridgehead atoms. The average Bonchev–Trinajstić information content (AvgIpc) is 2.53. The van der Waals surface area contributed by atoms with Crippen LogP contribution in [0.5, 0.6) is 0 Å². The fourth-order valence-electron chi connectivity index (χ4n) is 2.83. The van der Waals surface area contributed by atoms with Crippen LogP contribution in [0.1, 0.15) is 31.7 Å². The smallest absolute Gasteiger partial charge is 0.243 e. The van der Waals surface area contributed by atoms with Gasteiger partial charge in [-0.25, -0.2) is 8.42 Å². The van der Waals surface area contributed by atoms with Gasteiger partial charge in [0, 0.05) is 19.0 Å². The highest BCUT2D eigenvalue weighted by atomic mass is 35.5. The van der Waals surface area contributed by atoms with Gasteiger partial charge in [-0.2, -0.15) is 4.31 Å². The van der Waals surface area contributed by atoms with Gasteiger partial charge < -0.3 is 5.11 Å². The van der Waals surface area contributed by atoms with Crippen molar-refractivity contribution in [2.45, 2.75) is 43.6 Å². The van der Waals surface area contributed by atoms with Crippen molar-refractivity contribution in [2.75, 3.05) is 19.0 Å². The summed E-state index contributed by atoms with van der Waals surface area (Å²) < 4.78 is 26.9. The number of aliphatic hydroxyl groups excluding tert-OH is 1. The quantitative estimate of drug-likeness (QED) is 0.806. The first-order chi connectivity index (χ1) is 10.4. The molecule has 1 N–H and O–H groups in total. The molecule has 0 aliphatic carbocycles. The van der Waals surface area contributed by atoms with Gasteiger partial charge in [-0.05, 0) is 56.2 Å². The van der Waals surface area contributed by atoms with E-state index >= 15 is 0 Å². The van der Waals surface area contributed by atoms with Crippen molar-refractivity contribution in [1.29, 1.82) is 0 Å². The normalized spacial score (nSPS) is 21.7. The third kappa shape index (κ3) is 4.22. The molecule has 22 heavy (non-hydrogen) atoms. The summed E-state index contributed by atoms with van der Waals surface area (Å²) in [5, 5.41) is 9.72. The minimum Gasteiger partial charge on any atom is -0.393 e. The summed E-state index contributed by atoms with van der Waals surface area (Å²) in [4.78, 5) is 0.327. The molecule has 4 nitrogen and oxygen atoms in total. The van der Waals surface area contributed by atoms with Crippen molar-refractivity contribution < 1.29 is 13.5 Å². The lowest BCUT2D eigenvalue weighted by Gasteiger charge is -2.33. The number of sulfonamides is 1. The van der Waals surface area contributed by atoms with Crippen molar-refractivity contribution >= 4 is 21.6 Å². The molecule has 2 rings (SSSR count). The number of hydrogen-bond donors (Lipinski definition) is 1. The molecule has 0 radical (unpaired) electrons. The zero-order valence-electron chi connectivity index (χ0n) is 12.9. The Morgan fingerprint density at radius 2 is 2.05 bits per heavy atom. The second kappa shape index (κ2) is 7.77. The van der Waals surface area contributed by atoms with Crippen LogP contribution in [0.15, 0.2) is 29.2 Å². The largest absolute Gasteiger partial charge is 0.393 e. The van der Waals surface area contributed by atoms with Crippen molar-refractivity contribution in [2.24, 2.45) is 5.92 Å². The highest BCUT2D eigenvalue weighted by Gasteiger charge is 2.31. The predicted octanol–water partition coefficient (Wildman–Crippen LogP) is 2.64. The van der Waals surface area contributed by atoms with E-state index in [1.54, 1.807) is 19.1 Å². The molecule has 1 aliphatic heterocycles. The van der Waals surface area contributed by atoms with Crippen LogP contribution >= 0.6 is 11.6 Å². The van der Waals surface area contributed by atoms with Crippen LogP contribution in [0.4, 0.5) is 0 Å². The minimum absolute atomic E-state index is 0.0199. The molecular formula is C16H24ClNO3S. The first-order valence-electron chi connectivity index (χ1n) is 7.78. The Kier molecular flexibility index (Phi) is 6.26. The van der Waals surface area contributed by atoms with E-state index in [1.165, 1.54) is 4.31 Å². The number of alkyl halides is 1. The Balaban J connectivity index is 2.12. The lowest BCUT2D eigenvalue weighted by molar-refractivity contribution is 0.0885. The van der Waals surface area contributed by atoms with Gasteiger partial charge in [0.1, 0.15) is 0 Å². The molecule has 1 aliphatic rings. The summed E-state index contributed by atoms with van der Waals surface area (Å²) >= 11 is 5.67. The number of aryl methyl sites for hydroxylation is 1. The van der Waals surface area contributed by atoms with Crippen LogP contribution in [0.3, 0.4) is 0 Å². The van der Waals surface area contributed by atoms with Crippen molar-refractivity contribution in [1.82, 2.24) is 4.31 Å². The fourth-order valence-corrected chi connectivity index (χ4v) is 4.50. The minimum atomic E-state index is -3.47. The maximum atomic E-state index is 12.7. The number of rotatable bonds is 6. The maximum Gasteiger partial charge on any atom is 0.243 e. The van der Waals surface area contributed by atoms with E-state index < -0.39 is 16.1 Å². The van der Waals surface area contributed by atoms with Crippen LogP contribution in [-0.4, -0.2) is 42.9 Å². The monoisotopic (exact) mass is 345 g/mol. The molecule has 1 fully saturated rings. The topological polar surface area (TPSA) is 57.6 Å². The van der Waals surface area contributed by atoms with Gasteiger partial charge in [0.25, 0.3) is 0 Å². The van der Waals surface area contributed by atoms with Gasteiger partial charge in [0.05, 0.1) is 11.0 Å². The Morgan fingerprint density at radius 3 is 2.64 bits per heavy atom. The average molecular weight is 346 g/mol. The summed E-state index contributed by atoms with van der Waals surface area (Å²) in [7, 11) is -3.47. The molecule has 0 spiro atoms. The van der Waals surface area contributed by atoms with Crippen LogP contribution in [0.2, 0.25) is 0 Å². The van der Waals surface area contributed by atoms with Crippen LogP contribution < -0.4 is 0 Å². The first-order valence-corrected chi connectivity index (χ1v) is 9.75. The van der Waals surface area contributed by atoms with Gasteiger partial charge in [-0.3, -0.25) is 0 Å². The van der Waals surface area contributed by atoms with Crippen LogP contribution in [0.25, 0.3) is 0 Å². The van der Waals surface area contributed by atoms with E-state index in [9.17, 15) is 13.5 Å². The molecular weight excluding hydrogens is 322 g/mol. The third-order valence-corrected chi connectivity index (χ3v) is 6.41. The van der Waals surface area contributed by atoms with Gasteiger partial charge in [0.15, 0.2) is 0 Å². The molecule has 1 aromatic carbocycles. The van der Waals surface area contributed by atoms with Crippen molar-refractivity contribution in [3.05, 3.63) is 29.8 Å². The summed E-state index contributed by atoms with van der Waals surface area (Å²) in [6.45, 7) is 2.65. The summed E-state index contributed by atoms with van der Waals surface area (Å²) in [5.74, 6) is 0.626. The number of piperidine rings is 1. The maximum absolute atomic E-state index is 12.7. The van der Waals surface area contributed by atoms with Crippen molar-refractivity contribution in [3.63, 3.8) is 0 Å².